The van der Waals surface area contributed by atoms with Crippen LogP contribution < -0.4 is 10.1 Å². The standard InChI is InChI=1S/C28H37N5O7/c1-4-5-12-39-28(38)32-10-8-31(9-11-32)25(35)15-29-26(36)23-14-24(21-7-6-18(2)13-22(21)30-23)40-19(3)27(37)33-16-20(34)17-33/h6-7,13-14,19-20,34H,4-5,8-12,15-17H2,1-3H3,(H,29,36)/t19-/m1/s1. The van der Waals surface area contributed by atoms with E-state index in [4.69, 9.17) is 9.47 Å². The van der Waals surface area contributed by atoms with Crippen molar-refractivity contribution in [2.45, 2.75) is 45.8 Å². The largest absolute Gasteiger partial charge is 0.480 e. The molecule has 0 radical (unpaired) electrons. The van der Waals surface area contributed by atoms with Gasteiger partial charge in [0, 0.05) is 50.7 Å². The van der Waals surface area contributed by atoms with Crippen molar-refractivity contribution in [3.8, 4) is 5.75 Å². The summed E-state index contributed by atoms with van der Waals surface area (Å²) in [7, 11) is 0. The van der Waals surface area contributed by atoms with Crippen LogP contribution >= 0.6 is 0 Å². The van der Waals surface area contributed by atoms with Gasteiger partial charge in [-0.25, -0.2) is 9.78 Å². The molecule has 4 rings (SSSR count). The van der Waals surface area contributed by atoms with Crippen molar-refractivity contribution >= 4 is 34.7 Å². The lowest BCUT2D eigenvalue weighted by atomic mass is 10.1. The molecule has 40 heavy (non-hydrogen) atoms. The number of pyridine rings is 1. The van der Waals surface area contributed by atoms with E-state index in [0.29, 0.717) is 49.4 Å². The molecule has 2 aromatic rings. The molecule has 0 bridgehead atoms. The van der Waals surface area contributed by atoms with Gasteiger partial charge in [0.15, 0.2) is 6.10 Å². The van der Waals surface area contributed by atoms with E-state index in [2.05, 4.69) is 10.3 Å². The number of β-amino-alcohol motifs (C(OH)–C–C–N with tert-alkyl or cyclic N) is 1. The lowest BCUT2D eigenvalue weighted by molar-refractivity contribution is -0.148. The van der Waals surface area contributed by atoms with Gasteiger partial charge in [-0.05, 0) is 38.0 Å². The predicted octanol–water partition coefficient (Wildman–Crippen LogP) is 1.32. The molecule has 216 valence electrons. The first kappa shape index (κ1) is 29.1. The number of unbranched alkanes of at least 4 members (excludes halogenated alkanes) is 1. The number of amides is 4. The average molecular weight is 556 g/mol. The van der Waals surface area contributed by atoms with Crippen LogP contribution in [0, 0.1) is 6.92 Å². The lowest BCUT2D eigenvalue weighted by Crippen LogP contribution is -2.56. The molecule has 2 aliphatic rings. The number of fused-ring (bicyclic) bond motifs is 1. The fraction of sp³-hybridized carbons (Fsp3) is 0.536. The molecule has 0 unspecified atom stereocenters. The van der Waals surface area contributed by atoms with Gasteiger partial charge >= 0.3 is 6.09 Å². The fourth-order valence-electron chi connectivity index (χ4n) is 4.55. The number of aryl methyl sites for hydroxylation is 1. The van der Waals surface area contributed by atoms with E-state index in [1.807, 2.05) is 32.0 Å². The predicted molar refractivity (Wildman–Crippen MR) is 146 cm³/mol. The summed E-state index contributed by atoms with van der Waals surface area (Å²) in [5.41, 5.74) is 1.51. The minimum Gasteiger partial charge on any atom is -0.480 e. The summed E-state index contributed by atoms with van der Waals surface area (Å²) in [6.45, 7) is 7.66. The number of piperazine rings is 1. The highest BCUT2D eigenvalue weighted by molar-refractivity contribution is 5.98. The number of carbonyl (C=O) groups is 4. The summed E-state index contributed by atoms with van der Waals surface area (Å²) in [6.07, 6.45) is 0.0225. The molecule has 1 aromatic heterocycles. The van der Waals surface area contributed by atoms with Gasteiger partial charge in [0.1, 0.15) is 11.4 Å². The van der Waals surface area contributed by atoms with E-state index in [1.165, 1.54) is 11.0 Å². The van der Waals surface area contributed by atoms with Crippen LogP contribution in [-0.4, -0.2) is 113 Å². The van der Waals surface area contributed by atoms with Crippen molar-refractivity contribution in [3.05, 3.63) is 35.5 Å². The molecule has 0 saturated carbocycles. The van der Waals surface area contributed by atoms with Crippen molar-refractivity contribution in [1.82, 2.24) is 25.0 Å². The molecular formula is C28H37N5O7. The second-order valence-corrected chi connectivity index (χ2v) is 10.2. The number of carbonyl (C=O) groups excluding carboxylic acids is 4. The Bertz CT molecular complexity index is 1260. The van der Waals surface area contributed by atoms with Crippen LogP contribution in [0.1, 0.15) is 42.7 Å². The van der Waals surface area contributed by atoms with Crippen molar-refractivity contribution in [2.75, 3.05) is 52.4 Å². The molecule has 0 aliphatic carbocycles. The van der Waals surface area contributed by atoms with E-state index >= 15 is 0 Å². The zero-order valence-corrected chi connectivity index (χ0v) is 23.2. The van der Waals surface area contributed by atoms with Crippen LogP contribution in [0.5, 0.6) is 5.75 Å². The van der Waals surface area contributed by atoms with Crippen LogP contribution in [0.3, 0.4) is 0 Å². The van der Waals surface area contributed by atoms with Crippen molar-refractivity contribution in [2.24, 2.45) is 0 Å². The molecule has 2 saturated heterocycles. The first-order valence-electron chi connectivity index (χ1n) is 13.7. The first-order valence-corrected chi connectivity index (χ1v) is 13.7. The van der Waals surface area contributed by atoms with Crippen LogP contribution in [0.15, 0.2) is 24.3 Å². The van der Waals surface area contributed by atoms with Gasteiger partial charge in [0.25, 0.3) is 11.8 Å². The Labute approximate surface area is 233 Å². The third-order valence-electron chi connectivity index (χ3n) is 7.00. The zero-order chi connectivity index (χ0) is 28.8. The summed E-state index contributed by atoms with van der Waals surface area (Å²) in [6, 6.07) is 6.99. The molecule has 12 nitrogen and oxygen atoms in total. The van der Waals surface area contributed by atoms with Gasteiger partial charge in [0.05, 0.1) is 24.8 Å². The lowest BCUT2D eigenvalue weighted by Gasteiger charge is -2.37. The quantitative estimate of drug-likeness (QED) is 0.442. The SMILES string of the molecule is CCCCOC(=O)N1CCN(C(=O)CNC(=O)c2cc(O[C@H](C)C(=O)N3CC(O)C3)c3ccc(C)cc3n2)CC1. The highest BCUT2D eigenvalue weighted by Crippen LogP contribution is 2.28. The summed E-state index contributed by atoms with van der Waals surface area (Å²) in [4.78, 5) is 59.7. The molecular weight excluding hydrogens is 518 g/mol. The molecule has 2 fully saturated rings. The third-order valence-corrected chi connectivity index (χ3v) is 7.00. The summed E-state index contributed by atoms with van der Waals surface area (Å²) in [5, 5.41) is 12.8. The molecule has 1 atom stereocenters. The van der Waals surface area contributed by atoms with Gasteiger partial charge < -0.3 is 34.6 Å². The van der Waals surface area contributed by atoms with Crippen LogP contribution in [0.4, 0.5) is 4.79 Å². The average Bonchev–Trinajstić information content (AvgIpc) is 2.93. The van der Waals surface area contributed by atoms with E-state index in [1.54, 1.807) is 16.7 Å². The molecule has 4 amide bonds. The minimum atomic E-state index is -0.834. The molecule has 2 aliphatic heterocycles. The normalized spacial score (nSPS) is 16.4. The molecule has 3 heterocycles. The number of nitrogens with zero attached hydrogens (tertiary/aromatic N) is 4. The maximum absolute atomic E-state index is 13.0. The van der Waals surface area contributed by atoms with Gasteiger partial charge in [-0.15, -0.1) is 0 Å². The van der Waals surface area contributed by atoms with E-state index in [0.717, 1.165) is 18.4 Å². The number of rotatable bonds is 9. The van der Waals surface area contributed by atoms with E-state index in [9.17, 15) is 24.3 Å². The van der Waals surface area contributed by atoms with Gasteiger partial charge in [0.2, 0.25) is 5.91 Å². The van der Waals surface area contributed by atoms with E-state index in [-0.39, 0.29) is 43.2 Å². The maximum Gasteiger partial charge on any atom is 0.409 e. The van der Waals surface area contributed by atoms with Crippen molar-refractivity contribution < 1.29 is 33.8 Å². The summed E-state index contributed by atoms with van der Waals surface area (Å²) in [5.74, 6) is -0.750. The van der Waals surface area contributed by atoms with Crippen LogP contribution in [-0.2, 0) is 14.3 Å². The monoisotopic (exact) mass is 555 g/mol. The highest BCUT2D eigenvalue weighted by atomic mass is 16.6. The second-order valence-electron chi connectivity index (χ2n) is 10.2. The Hall–Kier alpha value is -3.93. The number of aliphatic hydroxyl groups excluding tert-OH is 1. The van der Waals surface area contributed by atoms with Gasteiger partial charge in [-0.2, -0.15) is 0 Å². The van der Waals surface area contributed by atoms with Gasteiger partial charge in [-0.1, -0.05) is 19.4 Å². The van der Waals surface area contributed by atoms with Crippen molar-refractivity contribution in [3.63, 3.8) is 0 Å². The number of benzene rings is 1. The topological polar surface area (TPSA) is 142 Å². The molecule has 2 N–H and O–H groups in total. The van der Waals surface area contributed by atoms with Crippen molar-refractivity contribution in [1.29, 1.82) is 0 Å². The smallest absolute Gasteiger partial charge is 0.409 e. The van der Waals surface area contributed by atoms with E-state index < -0.39 is 18.1 Å². The fourth-order valence-corrected chi connectivity index (χ4v) is 4.55. The zero-order valence-electron chi connectivity index (χ0n) is 23.2. The molecule has 0 spiro atoms. The summed E-state index contributed by atoms with van der Waals surface area (Å²) >= 11 is 0. The first-order chi connectivity index (χ1) is 19.2. The highest BCUT2D eigenvalue weighted by Gasteiger charge is 2.33. The Morgan fingerprint density at radius 1 is 1.07 bits per heavy atom. The summed E-state index contributed by atoms with van der Waals surface area (Å²) < 4.78 is 11.2. The minimum absolute atomic E-state index is 0.0552. The Morgan fingerprint density at radius 2 is 1.77 bits per heavy atom. The maximum atomic E-state index is 13.0. The number of likely N-dealkylation sites (tertiary alicyclic amines) is 1. The number of ether oxygens (including phenoxy) is 2. The third kappa shape index (κ3) is 6.98. The Morgan fingerprint density at radius 3 is 2.45 bits per heavy atom. The second kappa shape index (κ2) is 12.9. The van der Waals surface area contributed by atoms with Crippen LogP contribution in [0.25, 0.3) is 10.9 Å². The number of aliphatic hydroxyl groups is 1. The number of hydrogen-bond donors (Lipinski definition) is 2. The number of hydrogen-bond acceptors (Lipinski definition) is 8. The number of nitrogens with one attached hydrogen (secondary N) is 1. The Balaban J connectivity index is 1.36. The Kier molecular flexibility index (Phi) is 9.41. The molecule has 1 aromatic carbocycles. The van der Waals surface area contributed by atoms with Gasteiger partial charge in [-0.3, -0.25) is 14.4 Å². The molecule has 12 heteroatoms. The number of aromatic nitrogens is 1. The van der Waals surface area contributed by atoms with Crippen LogP contribution in [0.2, 0.25) is 0 Å².